The Morgan fingerprint density at radius 2 is 2.24 bits per heavy atom. The van der Waals surface area contributed by atoms with E-state index in [2.05, 4.69) is 33.0 Å². The SMILES string of the molecule is CCOCC(C)NC1=NC(C(C)(C)C)CCS1. The number of aliphatic imine (C=N–C) groups is 1. The zero-order valence-corrected chi connectivity index (χ0v) is 12.6. The topological polar surface area (TPSA) is 33.6 Å². The summed E-state index contributed by atoms with van der Waals surface area (Å²) >= 11 is 1.83. The van der Waals surface area contributed by atoms with Crippen LogP contribution in [-0.4, -0.2) is 36.2 Å². The summed E-state index contributed by atoms with van der Waals surface area (Å²) in [5, 5.41) is 4.53. The predicted molar refractivity (Wildman–Crippen MR) is 76.8 cm³/mol. The summed E-state index contributed by atoms with van der Waals surface area (Å²) in [6.07, 6.45) is 1.18. The number of amidine groups is 1. The first-order valence-electron chi connectivity index (χ1n) is 6.48. The van der Waals surface area contributed by atoms with Crippen molar-refractivity contribution in [1.29, 1.82) is 0 Å². The van der Waals surface area contributed by atoms with Crippen molar-refractivity contribution >= 4 is 16.9 Å². The maximum absolute atomic E-state index is 5.40. The van der Waals surface area contributed by atoms with Crippen LogP contribution in [-0.2, 0) is 4.74 Å². The van der Waals surface area contributed by atoms with Crippen LogP contribution < -0.4 is 5.32 Å². The van der Waals surface area contributed by atoms with Gasteiger partial charge in [0.25, 0.3) is 0 Å². The van der Waals surface area contributed by atoms with Gasteiger partial charge in [-0.1, -0.05) is 32.5 Å². The first kappa shape index (κ1) is 14.8. The molecule has 0 radical (unpaired) electrons. The molecule has 0 fully saturated rings. The maximum atomic E-state index is 5.40. The first-order chi connectivity index (χ1) is 7.93. The van der Waals surface area contributed by atoms with Gasteiger partial charge < -0.3 is 10.1 Å². The van der Waals surface area contributed by atoms with Crippen molar-refractivity contribution in [3.8, 4) is 0 Å². The number of nitrogens with one attached hydrogen (secondary N) is 1. The Labute approximate surface area is 110 Å². The van der Waals surface area contributed by atoms with Gasteiger partial charge in [0, 0.05) is 18.4 Å². The highest BCUT2D eigenvalue weighted by Crippen LogP contribution is 2.30. The highest BCUT2D eigenvalue weighted by molar-refractivity contribution is 8.13. The highest BCUT2D eigenvalue weighted by atomic mass is 32.2. The Morgan fingerprint density at radius 1 is 1.53 bits per heavy atom. The van der Waals surface area contributed by atoms with Gasteiger partial charge in [-0.05, 0) is 25.7 Å². The standard InChI is InChI=1S/C13H26N2OS/c1-6-16-9-10(2)14-12-15-11(7-8-17-12)13(3,4)5/h10-11H,6-9H2,1-5H3,(H,14,15). The molecular weight excluding hydrogens is 232 g/mol. The van der Waals surface area contributed by atoms with E-state index >= 15 is 0 Å². The smallest absolute Gasteiger partial charge is 0.157 e. The summed E-state index contributed by atoms with van der Waals surface area (Å²) in [4.78, 5) is 4.81. The van der Waals surface area contributed by atoms with Crippen molar-refractivity contribution in [3.05, 3.63) is 0 Å². The summed E-state index contributed by atoms with van der Waals surface area (Å²) in [6.45, 7) is 12.5. The molecule has 1 heterocycles. The van der Waals surface area contributed by atoms with Crippen LogP contribution in [0.15, 0.2) is 4.99 Å². The van der Waals surface area contributed by atoms with Gasteiger partial charge in [0.2, 0.25) is 0 Å². The Hall–Kier alpha value is -0.220. The quantitative estimate of drug-likeness (QED) is 0.842. The number of ether oxygens (including phenoxy) is 1. The molecule has 2 unspecified atom stereocenters. The van der Waals surface area contributed by atoms with E-state index in [0.29, 0.717) is 12.1 Å². The number of hydrogen-bond acceptors (Lipinski definition) is 4. The molecule has 0 saturated carbocycles. The zero-order chi connectivity index (χ0) is 12.9. The van der Waals surface area contributed by atoms with Crippen molar-refractivity contribution in [2.24, 2.45) is 10.4 Å². The van der Waals surface area contributed by atoms with Gasteiger partial charge in [0.05, 0.1) is 12.6 Å². The molecule has 4 heteroatoms. The fourth-order valence-corrected chi connectivity index (χ4v) is 2.78. The lowest BCUT2D eigenvalue weighted by Gasteiger charge is -2.31. The van der Waals surface area contributed by atoms with Crippen molar-refractivity contribution in [2.45, 2.75) is 53.1 Å². The normalized spacial score (nSPS) is 23.1. The summed E-state index contributed by atoms with van der Waals surface area (Å²) in [6, 6.07) is 0.769. The molecule has 0 aliphatic carbocycles. The fraction of sp³-hybridized carbons (Fsp3) is 0.923. The minimum absolute atomic E-state index is 0.261. The fourth-order valence-electron chi connectivity index (χ4n) is 1.76. The lowest BCUT2D eigenvalue weighted by Crippen LogP contribution is -2.39. The summed E-state index contributed by atoms with van der Waals surface area (Å²) in [5.74, 6) is 1.16. The molecule has 100 valence electrons. The molecule has 1 aliphatic rings. The molecule has 0 aromatic heterocycles. The molecule has 1 aliphatic heterocycles. The van der Waals surface area contributed by atoms with Crippen molar-refractivity contribution in [1.82, 2.24) is 5.32 Å². The van der Waals surface area contributed by atoms with Gasteiger partial charge >= 0.3 is 0 Å². The minimum Gasteiger partial charge on any atom is -0.380 e. The Morgan fingerprint density at radius 3 is 2.82 bits per heavy atom. The van der Waals surface area contributed by atoms with Crippen LogP contribution in [0.2, 0.25) is 0 Å². The van der Waals surface area contributed by atoms with Crippen LogP contribution in [0, 0.1) is 5.41 Å². The average molecular weight is 258 g/mol. The predicted octanol–water partition coefficient (Wildman–Crippen LogP) is 2.91. The molecule has 0 aromatic rings. The molecule has 1 N–H and O–H groups in total. The number of rotatable bonds is 4. The van der Waals surface area contributed by atoms with E-state index in [1.165, 1.54) is 6.42 Å². The first-order valence-corrected chi connectivity index (χ1v) is 7.47. The van der Waals surface area contributed by atoms with Gasteiger partial charge in [-0.25, -0.2) is 0 Å². The number of thioether (sulfide) groups is 1. The van der Waals surface area contributed by atoms with E-state index in [-0.39, 0.29) is 5.41 Å². The summed E-state index contributed by atoms with van der Waals surface area (Å²) < 4.78 is 5.40. The van der Waals surface area contributed by atoms with Crippen molar-refractivity contribution in [3.63, 3.8) is 0 Å². The molecular formula is C13H26N2OS. The van der Waals surface area contributed by atoms with E-state index in [0.717, 1.165) is 24.1 Å². The van der Waals surface area contributed by atoms with Gasteiger partial charge in [0.15, 0.2) is 5.17 Å². The second-order valence-corrected chi connectivity index (χ2v) is 6.74. The Kier molecular flexibility index (Phi) is 5.80. The lowest BCUT2D eigenvalue weighted by atomic mass is 9.85. The van der Waals surface area contributed by atoms with E-state index in [9.17, 15) is 0 Å². The third-order valence-corrected chi connectivity index (χ3v) is 3.78. The van der Waals surface area contributed by atoms with Crippen LogP contribution >= 0.6 is 11.8 Å². The third-order valence-electron chi connectivity index (χ3n) is 2.84. The average Bonchev–Trinajstić information content (AvgIpc) is 2.25. The largest absolute Gasteiger partial charge is 0.380 e. The van der Waals surface area contributed by atoms with Gasteiger partial charge in [-0.2, -0.15) is 0 Å². The molecule has 3 nitrogen and oxygen atoms in total. The second kappa shape index (κ2) is 6.64. The van der Waals surface area contributed by atoms with E-state index < -0.39 is 0 Å². The second-order valence-electron chi connectivity index (χ2n) is 5.66. The molecule has 2 atom stereocenters. The molecule has 1 rings (SSSR count). The van der Waals surface area contributed by atoms with Gasteiger partial charge in [0.1, 0.15) is 0 Å². The van der Waals surface area contributed by atoms with E-state index in [4.69, 9.17) is 9.73 Å². The molecule has 0 spiro atoms. The Balaban J connectivity index is 2.50. The van der Waals surface area contributed by atoms with Crippen LogP contribution in [0.25, 0.3) is 0 Å². The van der Waals surface area contributed by atoms with Gasteiger partial charge in [-0.15, -0.1) is 0 Å². The van der Waals surface area contributed by atoms with Gasteiger partial charge in [-0.3, -0.25) is 4.99 Å². The van der Waals surface area contributed by atoms with Crippen molar-refractivity contribution < 1.29 is 4.74 Å². The molecule has 0 saturated heterocycles. The van der Waals surface area contributed by atoms with E-state index in [1.54, 1.807) is 0 Å². The molecule has 0 amide bonds. The zero-order valence-electron chi connectivity index (χ0n) is 11.7. The lowest BCUT2D eigenvalue weighted by molar-refractivity contribution is 0.132. The summed E-state index contributed by atoms with van der Waals surface area (Å²) in [7, 11) is 0. The molecule has 0 bridgehead atoms. The third kappa shape index (κ3) is 5.30. The minimum atomic E-state index is 0.261. The summed E-state index contributed by atoms with van der Waals surface area (Å²) in [5.41, 5.74) is 0.261. The maximum Gasteiger partial charge on any atom is 0.157 e. The van der Waals surface area contributed by atoms with Crippen LogP contribution in [0.4, 0.5) is 0 Å². The van der Waals surface area contributed by atoms with Crippen LogP contribution in [0.1, 0.15) is 41.0 Å². The Bertz CT molecular complexity index is 261. The number of nitrogens with zero attached hydrogens (tertiary/aromatic N) is 1. The van der Waals surface area contributed by atoms with Crippen molar-refractivity contribution in [2.75, 3.05) is 19.0 Å². The molecule has 17 heavy (non-hydrogen) atoms. The molecule has 0 aromatic carbocycles. The monoisotopic (exact) mass is 258 g/mol. The van der Waals surface area contributed by atoms with E-state index in [1.807, 2.05) is 18.7 Å². The van der Waals surface area contributed by atoms with Crippen LogP contribution in [0.5, 0.6) is 0 Å². The number of hydrogen-bond donors (Lipinski definition) is 1. The highest BCUT2D eigenvalue weighted by Gasteiger charge is 2.27. The van der Waals surface area contributed by atoms with Crippen LogP contribution in [0.3, 0.4) is 0 Å².